The molecule has 0 atom stereocenters. The molecule has 1 aliphatic rings. The van der Waals surface area contributed by atoms with E-state index in [-0.39, 0.29) is 30.2 Å². The third-order valence-electron chi connectivity index (χ3n) is 5.12. The Labute approximate surface area is 180 Å². The Balaban J connectivity index is 1.53. The average molecular weight is 414 g/mol. The Morgan fingerprint density at radius 3 is 2.39 bits per heavy atom. The minimum atomic E-state index is -0.357. The second-order valence-electron chi connectivity index (χ2n) is 7.82. The minimum Gasteiger partial charge on any atom is -0.309 e. The first kappa shape index (κ1) is 20.4. The number of fused-ring (bicyclic) bond motifs is 1. The molecule has 3 aromatic rings. The van der Waals surface area contributed by atoms with E-state index in [1.165, 1.54) is 4.90 Å². The first-order valence-corrected chi connectivity index (χ1v) is 10.1. The summed E-state index contributed by atoms with van der Waals surface area (Å²) in [7, 11) is 0. The predicted molar refractivity (Wildman–Crippen MR) is 117 cm³/mol. The molecule has 7 heteroatoms. The molecule has 0 spiro atoms. The normalized spacial score (nSPS) is 13.0. The largest absolute Gasteiger partial charge is 0.309 e. The topological polar surface area (TPSA) is 92.3 Å². The maximum Gasteiger partial charge on any atom is 0.262 e. The summed E-state index contributed by atoms with van der Waals surface area (Å²) in [5, 5.41) is 11.0. The van der Waals surface area contributed by atoms with Crippen molar-refractivity contribution >= 4 is 23.5 Å². The fourth-order valence-electron chi connectivity index (χ4n) is 3.76. The Kier molecular flexibility index (Phi) is 5.33. The zero-order valence-corrected chi connectivity index (χ0v) is 17.5. The summed E-state index contributed by atoms with van der Waals surface area (Å²) < 4.78 is 0. The van der Waals surface area contributed by atoms with Crippen molar-refractivity contribution in [2.75, 3.05) is 5.32 Å². The molecule has 2 aromatic carbocycles. The standard InChI is InChI=1S/C24H22N4O3/c1-14(2)28-23(30)18-12-15(3)11-17(22(18)24(28)31)13-21(29)25-20-10-9-19(26-27-20)16-7-5-4-6-8-16/h4-12,14H,13H2,1-3H3,(H,25,27,29). The van der Waals surface area contributed by atoms with Gasteiger partial charge in [-0.2, -0.15) is 0 Å². The van der Waals surface area contributed by atoms with Crippen molar-refractivity contribution < 1.29 is 14.4 Å². The summed E-state index contributed by atoms with van der Waals surface area (Å²) >= 11 is 0. The number of nitrogens with zero attached hydrogens (tertiary/aromatic N) is 3. The van der Waals surface area contributed by atoms with Crippen LogP contribution in [0.25, 0.3) is 11.3 Å². The lowest BCUT2D eigenvalue weighted by Crippen LogP contribution is -2.36. The van der Waals surface area contributed by atoms with Crippen LogP contribution in [0.15, 0.2) is 54.6 Å². The Morgan fingerprint density at radius 1 is 1.00 bits per heavy atom. The van der Waals surface area contributed by atoms with Crippen LogP contribution in [-0.2, 0) is 11.2 Å². The first-order valence-electron chi connectivity index (χ1n) is 10.1. The van der Waals surface area contributed by atoms with Crippen LogP contribution in [0, 0.1) is 6.92 Å². The Bertz CT molecular complexity index is 1170. The molecule has 0 aliphatic carbocycles. The molecule has 0 saturated heterocycles. The molecule has 0 saturated carbocycles. The van der Waals surface area contributed by atoms with Crippen LogP contribution in [-0.4, -0.2) is 38.9 Å². The van der Waals surface area contributed by atoms with E-state index in [2.05, 4.69) is 15.5 Å². The van der Waals surface area contributed by atoms with Gasteiger partial charge in [-0.05, 0) is 50.1 Å². The van der Waals surface area contributed by atoms with Gasteiger partial charge in [-0.3, -0.25) is 19.3 Å². The number of aryl methyl sites for hydroxylation is 1. The van der Waals surface area contributed by atoms with Gasteiger partial charge >= 0.3 is 0 Å². The number of hydrogen-bond acceptors (Lipinski definition) is 5. The average Bonchev–Trinajstić information content (AvgIpc) is 2.99. The van der Waals surface area contributed by atoms with Crippen molar-refractivity contribution in [2.45, 2.75) is 33.2 Å². The quantitative estimate of drug-likeness (QED) is 0.644. The van der Waals surface area contributed by atoms with Gasteiger partial charge in [0.2, 0.25) is 5.91 Å². The van der Waals surface area contributed by atoms with Gasteiger partial charge < -0.3 is 5.32 Å². The summed E-state index contributed by atoms with van der Waals surface area (Å²) in [6.07, 6.45) is -0.0446. The molecule has 2 heterocycles. The molecule has 1 aromatic heterocycles. The number of carbonyl (C=O) groups is 3. The number of aromatic nitrogens is 2. The van der Waals surface area contributed by atoms with Crippen molar-refractivity contribution in [1.29, 1.82) is 0 Å². The molecular weight excluding hydrogens is 392 g/mol. The number of carbonyl (C=O) groups excluding carboxylic acids is 3. The van der Waals surface area contributed by atoms with Crippen LogP contribution < -0.4 is 5.32 Å². The van der Waals surface area contributed by atoms with Gasteiger partial charge in [0.15, 0.2) is 5.82 Å². The highest BCUT2D eigenvalue weighted by atomic mass is 16.2. The minimum absolute atomic E-state index is 0.0446. The number of rotatable bonds is 5. The number of benzene rings is 2. The maximum absolute atomic E-state index is 12.8. The fraction of sp³-hybridized carbons (Fsp3) is 0.208. The van der Waals surface area contributed by atoms with Gasteiger partial charge in [0, 0.05) is 11.6 Å². The van der Waals surface area contributed by atoms with E-state index in [4.69, 9.17) is 0 Å². The molecule has 0 bridgehead atoms. The third kappa shape index (κ3) is 3.94. The molecule has 0 radical (unpaired) electrons. The van der Waals surface area contributed by atoms with Crippen LogP contribution in [0.5, 0.6) is 0 Å². The number of anilines is 1. The van der Waals surface area contributed by atoms with Gasteiger partial charge in [0.1, 0.15) is 0 Å². The molecule has 0 unspecified atom stereocenters. The van der Waals surface area contributed by atoms with E-state index < -0.39 is 0 Å². The Morgan fingerprint density at radius 2 is 1.74 bits per heavy atom. The summed E-state index contributed by atoms with van der Waals surface area (Å²) in [5.41, 5.74) is 3.65. The van der Waals surface area contributed by atoms with E-state index in [9.17, 15) is 14.4 Å². The van der Waals surface area contributed by atoms with Crippen molar-refractivity contribution in [3.8, 4) is 11.3 Å². The zero-order chi connectivity index (χ0) is 22.1. The molecule has 1 aliphatic heterocycles. The molecule has 3 amide bonds. The zero-order valence-electron chi connectivity index (χ0n) is 17.5. The lowest BCUT2D eigenvalue weighted by atomic mass is 9.97. The molecule has 0 fully saturated rings. The fourth-order valence-corrected chi connectivity index (χ4v) is 3.76. The predicted octanol–water partition coefficient (Wildman–Crippen LogP) is 3.64. The van der Waals surface area contributed by atoms with Gasteiger partial charge in [-0.1, -0.05) is 36.4 Å². The molecular formula is C24H22N4O3. The van der Waals surface area contributed by atoms with E-state index in [1.807, 2.05) is 37.3 Å². The lowest BCUT2D eigenvalue weighted by Gasteiger charge is -2.18. The Hall–Kier alpha value is -3.87. The van der Waals surface area contributed by atoms with Crippen molar-refractivity contribution in [3.63, 3.8) is 0 Å². The van der Waals surface area contributed by atoms with Gasteiger partial charge in [0.25, 0.3) is 11.8 Å². The third-order valence-corrected chi connectivity index (χ3v) is 5.12. The number of imide groups is 1. The molecule has 7 nitrogen and oxygen atoms in total. The van der Waals surface area contributed by atoms with E-state index in [0.717, 1.165) is 11.1 Å². The molecule has 4 rings (SSSR count). The highest BCUT2D eigenvalue weighted by Gasteiger charge is 2.39. The lowest BCUT2D eigenvalue weighted by molar-refractivity contribution is -0.115. The smallest absolute Gasteiger partial charge is 0.262 e. The SMILES string of the molecule is Cc1cc(CC(=O)Nc2ccc(-c3ccccc3)nn2)c2c(c1)C(=O)N(C(C)C)C2=O. The van der Waals surface area contributed by atoms with E-state index in [1.54, 1.807) is 38.1 Å². The van der Waals surface area contributed by atoms with E-state index in [0.29, 0.717) is 28.2 Å². The number of amides is 3. The van der Waals surface area contributed by atoms with Gasteiger partial charge in [0.05, 0.1) is 23.2 Å². The van der Waals surface area contributed by atoms with Gasteiger partial charge in [-0.15, -0.1) is 10.2 Å². The van der Waals surface area contributed by atoms with Crippen LogP contribution in [0.2, 0.25) is 0 Å². The van der Waals surface area contributed by atoms with Crippen molar-refractivity contribution in [3.05, 3.63) is 76.9 Å². The highest BCUT2D eigenvalue weighted by molar-refractivity contribution is 6.22. The second kappa shape index (κ2) is 8.10. The second-order valence-corrected chi connectivity index (χ2v) is 7.82. The van der Waals surface area contributed by atoms with Gasteiger partial charge in [-0.25, -0.2) is 0 Å². The summed E-state index contributed by atoms with van der Waals surface area (Å²) in [6.45, 7) is 5.42. The number of hydrogen-bond donors (Lipinski definition) is 1. The number of nitrogens with one attached hydrogen (secondary N) is 1. The maximum atomic E-state index is 12.8. The van der Waals surface area contributed by atoms with Crippen molar-refractivity contribution in [2.24, 2.45) is 0 Å². The van der Waals surface area contributed by atoms with Crippen molar-refractivity contribution in [1.82, 2.24) is 15.1 Å². The molecule has 156 valence electrons. The van der Waals surface area contributed by atoms with E-state index >= 15 is 0 Å². The summed E-state index contributed by atoms with van der Waals surface area (Å²) in [6, 6.07) is 16.3. The van der Waals surface area contributed by atoms with Crippen LogP contribution in [0.1, 0.15) is 45.7 Å². The molecule has 1 N–H and O–H groups in total. The summed E-state index contributed by atoms with van der Waals surface area (Å²) in [5.74, 6) is -0.689. The van der Waals surface area contributed by atoms with Crippen LogP contribution >= 0.6 is 0 Å². The van der Waals surface area contributed by atoms with Crippen LogP contribution in [0.4, 0.5) is 5.82 Å². The first-order chi connectivity index (χ1) is 14.8. The molecule has 31 heavy (non-hydrogen) atoms. The van der Waals surface area contributed by atoms with Crippen LogP contribution in [0.3, 0.4) is 0 Å². The summed E-state index contributed by atoms with van der Waals surface area (Å²) in [4.78, 5) is 39.4. The monoisotopic (exact) mass is 414 g/mol. The highest BCUT2D eigenvalue weighted by Crippen LogP contribution is 2.29.